The summed E-state index contributed by atoms with van der Waals surface area (Å²) in [6.07, 6.45) is 9.90. The van der Waals surface area contributed by atoms with Gasteiger partial charge in [0, 0.05) is 0 Å². The molecule has 0 radical (unpaired) electrons. The van der Waals surface area contributed by atoms with Crippen LogP contribution >= 0.6 is 0 Å². The summed E-state index contributed by atoms with van der Waals surface area (Å²) in [5.41, 5.74) is 3.50. The van der Waals surface area contributed by atoms with Crippen LogP contribution in [0.2, 0.25) is 0 Å². The first kappa shape index (κ1) is 20.1. The number of hydrogen-bond acceptors (Lipinski definition) is 2. The highest BCUT2D eigenvalue weighted by molar-refractivity contribution is 5.88. The monoisotopic (exact) mass is 414 g/mol. The molecular formula is C28H30O3. The highest BCUT2D eigenvalue weighted by atomic mass is 16.4. The van der Waals surface area contributed by atoms with E-state index in [2.05, 4.69) is 18.7 Å². The molecule has 3 heteroatoms. The third kappa shape index (κ3) is 3.60. The Hall–Kier alpha value is -2.81. The van der Waals surface area contributed by atoms with Gasteiger partial charge in [0.25, 0.3) is 0 Å². The van der Waals surface area contributed by atoms with Gasteiger partial charge in [-0.3, -0.25) is 0 Å². The van der Waals surface area contributed by atoms with Gasteiger partial charge in [-0.05, 0) is 120 Å². The zero-order valence-electron chi connectivity index (χ0n) is 18.1. The molecule has 4 fully saturated rings. The molecule has 0 saturated heterocycles. The van der Waals surface area contributed by atoms with E-state index in [9.17, 15) is 9.90 Å². The molecule has 0 spiro atoms. The van der Waals surface area contributed by atoms with E-state index in [0.29, 0.717) is 5.76 Å². The molecule has 3 nitrogen and oxygen atoms in total. The van der Waals surface area contributed by atoms with Gasteiger partial charge < -0.3 is 10.2 Å². The maximum Gasteiger partial charge on any atom is 0.335 e. The van der Waals surface area contributed by atoms with Crippen LogP contribution in [0.15, 0.2) is 53.8 Å². The van der Waals surface area contributed by atoms with E-state index < -0.39 is 5.97 Å². The Labute approximate surface area is 183 Å². The van der Waals surface area contributed by atoms with E-state index in [1.165, 1.54) is 38.5 Å². The number of hydrogen-bond donors (Lipinski definition) is 2. The maximum atomic E-state index is 11.2. The number of aromatic carboxylic acids is 1. The Balaban J connectivity index is 1.56. The third-order valence-corrected chi connectivity index (χ3v) is 7.91. The van der Waals surface area contributed by atoms with Gasteiger partial charge in [-0.1, -0.05) is 30.8 Å². The van der Waals surface area contributed by atoms with Crippen molar-refractivity contribution >= 4 is 18.6 Å². The largest absolute Gasteiger partial charge is 0.512 e. The molecule has 2 aromatic carbocycles. The molecular weight excluding hydrogens is 384 g/mol. The van der Waals surface area contributed by atoms with Crippen LogP contribution in [0.5, 0.6) is 0 Å². The summed E-state index contributed by atoms with van der Waals surface area (Å²) in [6, 6.07) is 13.1. The van der Waals surface area contributed by atoms with E-state index in [4.69, 9.17) is 5.11 Å². The molecule has 6 rings (SSSR count). The van der Waals surface area contributed by atoms with Gasteiger partial charge >= 0.3 is 5.97 Å². The number of allylic oxidation sites excluding steroid dienone is 2. The normalized spacial score (nSPS) is 30.4. The molecule has 160 valence electrons. The van der Waals surface area contributed by atoms with Crippen molar-refractivity contribution in [2.75, 3.05) is 0 Å². The SMILES string of the molecule is C=c1ccc(-c2ccc(C(=O)O)cc2)c/c1=C/C(=C(\C)O)C12CC3CC(CC(C3)C1)C2. The molecule has 0 atom stereocenters. The Morgan fingerprint density at radius 3 is 2.00 bits per heavy atom. The minimum atomic E-state index is -0.919. The van der Waals surface area contributed by atoms with E-state index >= 15 is 0 Å². The minimum absolute atomic E-state index is 0.110. The van der Waals surface area contributed by atoms with Gasteiger partial charge in [-0.25, -0.2) is 4.79 Å². The smallest absolute Gasteiger partial charge is 0.335 e. The molecule has 0 aromatic heterocycles. The van der Waals surface area contributed by atoms with Crippen LogP contribution in [0.3, 0.4) is 0 Å². The number of rotatable bonds is 4. The van der Waals surface area contributed by atoms with Crippen molar-refractivity contribution in [1.82, 2.24) is 0 Å². The molecule has 4 bridgehead atoms. The van der Waals surface area contributed by atoms with Crippen LogP contribution < -0.4 is 10.4 Å². The van der Waals surface area contributed by atoms with E-state index in [-0.39, 0.29) is 11.0 Å². The molecule has 0 aliphatic heterocycles. The minimum Gasteiger partial charge on any atom is -0.512 e. The fraction of sp³-hybridized carbons (Fsp3) is 0.393. The van der Waals surface area contributed by atoms with Crippen molar-refractivity contribution in [3.05, 3.63) is 69.8 Å². The van der Waals surface area contributed by atoms with Crippen LogP contribution in [0, 0.1) is 23.2 Å². The van der Waals surface area contributed by atoms with Crippen LogP contribution in [0.4, 0.5) is 0 Å². The fourth-order valence-electron chi connectivity index (χ4n) is 6.95. The van der Waals surface area contributed by atoms with Crippen molar-refractivity contribution in [3.63, 3.8) is 0 Å². The number of aliphatic hydroxyl groups is 1. The highest BCUT2D eigenvalue weighted by Gasteiger charge is 2.52. The molecule has 0 unspecified atom stereocenters. The molecule has 0 amide bonds. The van der Waals surface area contributed by atoms with Crippen molar-refractivity contribution in [1.29, 1.82) is 0 Å². The summed E-state index contributed by atoms with van der Waals surface area (Å²) in [6.45, 7) is 6.07. The van der Waals surface area contributed by atoms with Crippen molar-refractivity contribution < 1.29 is 15.0 Å². The average molecular weight is 415 g/mol. The van der Waals surface area contributed by atoms with Crippen molar-refractivity contribution in [3.8, 4) is 11.1 Å². The molecule has 4 aliphatic rings. The number of carboxylic acid groups (broad SMARTS) is 1. The number of benzene rings is 2. The van der Waals surface area contributed by atoms with Crippen LogP contribution in [0.1, 0.15) is 55.8 Å². The molecule has 4 saturated carbocycles. The second-order valence-corrected chi connectivity index (χ2v) is 10.1. The van der Waals surface area contributed by atoms with Crippen molar-refractivity contribution in [2.45, 2.75) is 45.4 Å². The molecule has 0 heterocycles. The standard InChI is InChI=1S/C28H30O3/c1-17-3-4-24(22-5-7-23(8-6-22)27(30)31)12-25(17)13-26(18(2)29)28-14-19-9-20(15-28)11-21(10-19)16-28/h3-8,12-13,19-21,29H,1,9-11,14-16H2,2H3,(H,30,31)/b25-13-,26-18-. The zero-order chi connectivity index (χ0) is 21.8. The molecule has 31 heavy (non-hydrogen) atoms. The van der Waals surface area contributed by atoms with Gasteiger partial charge in [0.2, 0.25) is 0 Å². The lowest BCUT2D eigenvalue weighted by molar-refractivity contribution is -0.0293. The van der Waals surface area contributed by atoms with Crippen LogP contribution in [-0.4, -0.2) is 16.2 Å². The van der Waals surface area contributed by atoms with E-state index in [1.807, 2.05) is 31.2 Å². The van der Waals surface area contributed by atoms with E-state index in [0.717, 1.165) is 44.9 Å². The summed E-state index contributed by atoms with van der Waals surface area (Å²) in [5, 5.41) is 21.9. The van der Waals surface area contributed by atoms with E-state index in [1.54, 1.807) is 12.1 Å². The second kappa shape index (κ2) is 7.40. The maximum absolute atomic E-state index is 11.2. The first-order chi connectivity index (χ1) is 14.8. The Morgan fingerprint density at radius 1 is 0.935 bits per heavy atom. The van der Waals surface area contributed by atoms with Crippen LogP contribution in [0.25, 0.3) is 23.8 Å². The third-order valence-electron chi connectivity index (χ3n) is 7.91. The van der Waals surface area contributed by atoms with Gasteiger partial charge in [0.05, 0.1) is 11.3 Å². The second-order valence-electron chi connectivity index (χ2n) is 10.1. The predicted molar refractivity (Wildman–Crippen MR) is 124 cm³/mol. The predicted octanol–water partition coefficient (Wildman–Crippen LogP) is 5.29. The van der Waals surface area contributed by atoms with Gasteiger partial charge in [0.1, 0.15) is 0 Å². The number of carbonyl (C=O) groups is 1. The molecule has 2 aromatic rings. The lowest BCUT2D eigenvalue weighted by Crippen LogP contribution is -2.47. The summed E-state index contributed by atoms with van der Waals surface area (Å²) in [4.78, 5) is 11.2. The first-order valence-electron chi connectivity index (χ1n) is 11.4. The Kier molecular flexibility index (Phi) is 4.80. The van der Waals surface area contributed by atoms with Crippen molar-refractivity contribution in [2.24, 2.45) is 23.2 Å². The highest BCUT2D eigenvalue weighted by Crippen LogP contribution is 2.63. The quantitative estimate of drug-likeness (QED) is 0.668. The van der Waals surface area contributed by atoms with Crippen LogP contribution in [-0.2, 0) is 0 Å². The topological polar surface area (TPSA) is 57.5 Å². The average Bonchev–Trinajstić information content (AvgIpc) is 2.72. The van der Waals surface area contributed by atoms with Gasteiger partial charge in [-0.15, -0.1) is 0 Å². The number of aliphatic hydroxyl groups excluding tert-OH is 1. The molecule has 2 N–H and O–H groups in total. The molecule has 4 aliphatic carbocycles. The Morgan fingerprint density at radius 2 is 1.48 bits per heavy atom. The summed E-state index contributed by atoms with van der Waals surface area (Å²) in [5.74, 6) is 1.96. The zero-order valence-corrected chi connectivity index (χ0v) is 18.1. The lowest BCUT2D eigenvalue weighted by Gasteiger charge is -2.57. The Bertz CT molecular complexity index is 1130. The summed E-state index contributed by atoms with van der Waals surface area (Å²) >= 11 is 0. The number of carboxylic acids is 1. The first-order valence-corrected chi connectivity index (χ1v) is 11.4. The lowest BCUT2D eigenvalue weighted by atomic mass is 9.47. The fourth-order valence-corrected chi connectivity index (χ4v) is 6.95. The summed E-state index contributed by atoms with van der Waals surface area (Å²) in [7, 11) is 0. The van der Waals surface area contributed by atoms with Gasteiger partial charge in [0.15, 0.2) is 0 Å². The summed E-state index contributed by atoms with van der Waals surface area (Å²) < 4.78 is 0. The van der Waals surface area contributed by atoms with Gasteiger partial charge in [-0.2, -0.15) is 0 Å².